The van der Waals surface area contributed by atoms with Gasteiger partial charge in [0.2, 0.25) is 0 Å². The van der Waals surface area contributed by atoms with Crippen LogP contribution in [-0.4, -0.2) is 42.1 Å². The third-order valence-corrected chi connectivity index (χ3v) is 6.40. The second-order valence-electron chi connectivity index (χ2n) is 8.25. The standard InChI is InChI=1S/C24H28N2O4S/c1-5-16-25(23(27)30-24(2,3)4)17-15-19-18-26(22-14-10-9-13-21(19)22)31(28,29)20-11-7-6-8-12-20/h5-14,18H,1,15-17H2,2-4H3. The molecule has 6 nitrogen and oxygen atoms in total. The van der Waals surface area contributed by atoms with E-state index in [4.69, 9.17) is 4.74 Å². The minimum atomic E-state index is -3.74. The molecule has 0 atom stereocenters. The van der Waals surface area contributed by atoms with Crippen molar-refractivity contribution in [3.63, 3.8) is 0 Å². The summed E-state index contributed by atoms with van der Waals surface area (Å²) in [5.41, 5.74) is 0.845. The van der Waals surface area contributed by atoms with Crippen LogP contribution in [0.4, 0.5) is 4.79 Å². The Morgan fingerprint density at radius 2 is 1.74 bits per heavy atom. The molecule has 0 radical (unpaired) electrons. The predicted molar refractivity (Wildman–Crippen MR) is 123 cm³/mol. The number of fused-ring (bicyclic) bond motifs is 1. The van der Waals surface area contributed by atoms with Crippen LogP contribution in [0.15, 0.2) is 78.3 Å². The van der Waals surface area contributed by atoms with Gasteiger partial charge in [0.05, 0.1) is 10.4 Å². The van der Waals surface area contributed by atoms with E-state index < -0.39 is 21.7 Å². The highest BCUT2D eigenvalue weighted by molar-refractivity contribution is 7.90. The Hall–Kier alpha value is -3.06. The number of carbonyl (C=O) groups excluding carboxylic acids is 1. The van der Waals surface area contributed by atoms with Crippen molar-refractivity contribution in [1.29, 1.82) is 0 Å². The lowest BCUT2D eigenvalue weighted by Gasteiger charge is -2.26. The highest BCUT2D eigenvalue weighted by atomic mass is 32.2. The molecule has 0 aliphatic carbocycles. The molecule has 164 valence electrons. The molecule has 0 saturated heterocycles. The van der Waals surface area contributed by atoms with Crippen LogP contribution in [0.25, 0.3) is 10.9 Å². The summed E-state index contributed by atoms with van der Waals surface area (Å²) in [5, 5.41) is 0.838. The zero-order valence-electron chi connectivity index (χ0n) is 18.1. The normalized spacial score (nSPS) is 12.0. The van der Waals surface area contributed by atoms with Crippen LogP contribution in [0.1, 0.15) is 26.3 Å². The maximum absolute atomic E-state index is 13.2. The van der Waals surface area contributed by atoms with E-state index in [2.05, 4.69) is 6.58 Å². The summed E-state index contributed by atoms with van der Waals surface area (Å²) in [7, 11) is -3.74. The molecule has 1 amide bonds. The largest absolute Gasteiger partial charge is 0.444 e. The summed E-state index contributed by atoms with van der Waals surface area (Å²) in [6.07, 6.45) is 3.35. The van der Waals surface area contributed by atoms with E-state index in [1.807, 2.05) is 39.0 Å². The van der Waals surface area contributed by atoms with Crippen LogP contribution < -0.4 is 0 Å². The summed E-state index contributed by atoms with van der Waals surface area (Å²) in [4.78, 5) is 14.3. The van der Waals surface area contributed by atoms with Gasteiger partial charge in [-0.2, -0.15) is 0 Å². The predicted octanol–water partition coefficient (Wildman–Crippen LogP) is 4.84. The van der Waals surface area contributed by atoms with E-state index in [1.165, 1.54) is 3.97 Å². The van der Waals surface area contributed by atoms with Crippen molar-refractivity contribution in [3.05, 3.63) is 79.0 Å². The van der Waals surface area contributed by atoms with Gasteiger partial charge in [0.15, 0.2) is 0 Å². The Morgan fingerprint density at radius 1 is 1.10 bits per heavy atom. The van der Waals surface area contributed by atoms with Gasteiger partial charge in [0.25, 0.3) is 10.0 Å². The third-order valence-electron chi connectivity index (χ3n) is 4.71. The van der Waals surface area contributed by atoms with Gasteiger partial charge in [0, 0.05) is 24.7 Å². The number of nitrogens with zero attached hydrogens (tertiary/aromatic N) is 2. The fraction of sp³-hybridized carbons (Fsp3) is 0.292. The lowest BCUT2D eigenvalue weighted by Crippen LogP contribution is -2.38. The van der Waals surface area contributed by atoms with Gasteiger partial charge in [-0.05, 0) is 51.0 Å². The highest BCUT2D eigenvalue weighted by Gasteiger charge is 2.23. The molecule has 7 heteroatoms. The quantitative estimate of drug-likeness (QED) is 0.493. The van der Waals surface area contributed by atoms with Gasteiger partial charge in [-0.3, -0.25) is 0 Å². The van der Waals surface area contributed by atoms with E-state index in [1.54, 1.807) is 53.6 Å². The molecule has 0 aliphatic heterocycles. The fourth-order valence-corrected chi connectivity index (χ4v) is 4.73. The molecule has 31 heavy (non-hydrogen) atoms. The summed E-state index contributed by atoms with van der Waals surface area (Å²) < 4.78 is 33.3. The minimum Gasteiger partial charge on any atom is -0.444 e. The van der Waals surface area contributed by atoms with Crippen molar-refractivity contribution in [2.24, 2.45) is 0 Å². The molecule has 0 bridgehead atoms. The molecular formula is C24H28N2O4S. The summed E-state index contributed by atoms with van der Waals surface area (Å²) >= 11 is 0. The lowest BCUT2D eigenvalue weighted by molar-refractivity contribution is 0.0274. The Bertz CT molecular complexity index is 1180. The number of aromatic nitrogens is 1. The number of ether oxygens (including phenoxy) is 1. The van der Waals surface area contributed by atoms with E-state index in [0.29, 0.717) is 25.0 Å². The molecule has 0 fully saturated rings. The van der Waals surface area contributed by atoms with Crippen LogP contribution in [0.2, 0.25) is 0 Å². The maximum atomic E-state index is 13.2. The minimum absolute atomic E-state index is 0.226. The molecule has 1 heterocycles. The summed E-state index contributed by atoms with van der Waals surface area (Å²) in [6.45, 7) is 9.90. The van der Waals surface area contributed by atoms with Gasteiger partial charge in [-0.15, -0.1) is 6.58 Å². The summed E-state index contributed by atoms with van der Waals surface area (Å²) in [5.74, 6) is 0. The number of hydrogen-bond acceptors (Lipinski definition) is 4. The average molecular weight is 441 g/mol. The Morgan fingerprint density at radius 3 is 2.39 bits per heavy atom. The second-order valence-corrected chi connectivity index (χ2v) is 10.1. The molecule has 0 spiro atoms. The van der Waals surface area contributed by atoms with Crippen molar-refractivity contribution in [2.45, 2.75) is 37.7 Å². The molecule has 0 aliphatic rings. The van der Waals surface area contributed by atoms with Crippen LogP contribution in [0.5, 0.6) is 0 Å². The first-order valence-corrected chi connectivity index (χ1v) is 11.6. The molecule has 3 rings (SSSR count). The number of rotatable bonds is 7. The van der Waals surface area contributed by atoms with E-state index >= 15 is 0 Å². The van der Waals surface area contributed by atoms with Crippen LogP contribution in [0.3, 0.4) is 0 Å². The Labute approximate surface area is 183 Å². The molecule has 0 N–H and O–H groups in total. The smallest absolute Gasteiger partial charge is 0.410 e. The van der Waals surface area contributed by atoms with Gasteiger partial charge in [0.1, 0.15) is 5.60 Å². The van der Waals surface area contributed by atoms with Gasteiger partial charge in [-0.1, -0.05) is 42.5 Å². The van der Waals surface area contributed by atoms with Crippen molar-refractivity contribution in [1.82, 2.24) is 8.87 Å². The van der Waals surface area contributed by atoms with Gasteiger partial charge < -0.3 is 9.64 Å². The monoisotopic (exact) mass is 440 g/mol. The molecule has 2 aromatic carbocycles. The first kappa shape index (κ1) is 22.6. The van der Waals surface area contributed by atoms with Gasteiger partial charge in [-0.25, -0.2) is 17.2 Å². The van der Waals surface area contributed by atoms with Crippen LogP contribution in [0, 0.1) is 0 Å². The van der Waals surface area contributed by atoms with E-state index in [9.17, 15) is 13.2 Å². The van der Waals surface area contributed by atoms with E-state index in [0.717, 1.165) is 10.9 Å². The molecule has 0 unspecified atom stereocenters. The first-order chi connectivity index (χ1) is 14.6. The zero-order valence-corrected chi connectivity index (χ0v) is 18.9. The van der Waals surface area contributed by atoms with Gasteiger partial charge >= 0.3 is 6.09 Å². The van der Waals surface area contributed by atoms with Crippen molar-refractivity contribution < 1.29 is 17.9 Å². The zero-order chi connectivity index (χ0) is 22.6. The lowest BCUT2D eigenvalue weighted by atomic mass is 10.1. The Balaban J connectivity index is 1.93. The maximum Gasteiger partial charge on any atom is 0.410 e. The SMILES string of the molecule is C=CCN(CCc1cn(S(=O)(=O)c2ccccc2)c2ccccc12)C(=O)OC(C)(C)C. The van der Waals surface area contributed by atoms with Crippen LogP contribution >= 0.6 is 0 Å². The Kier molecular flexibility index (Phi) is 6.55. The number of benzene rings is 2. The molecular weight excluding hydrogens is 412 g/mol. The summed E-state index contributed by atoms with van der Waals surface area (Å²) in [6, 6.07) is 15.7. The number of amides is 1. The second kappa shape index (κ2) is 8.98. The third kappa shape index (κ3) is 5.17. The number of para-hydroxylation sites is 1. The average Bonchev–Trinajstić information content (AvgIpc) is 3.10. The van der Waals surface area contributed by atoms with Crippen molar-refractivity contribution >= 4 is 27.0 Å². The highest BCUT2D eigenvalue weighted by Crippen LogP contribution is 2.26. The first-order valence-electron chi connectivity index (χ1n) is 10.1. The van der Waals surface area contributed by atoms with Crippen molar-refractivity contribution in [2.75, 3.05) is 13.1 Å². The number of carbonyl (C=O) groups is 1. The number of hydrogen-bond donors (Lipinski definition) is 0. The van der Waals surface area contributed by atoms with Crippen LogP contribution in [-0.2, 0) is 21.2 Å². The topological polar surface area (TPSA) is 68.6 Å². The molecule has 1 aromatic heterocycles. The fourth-order valence-electron chi connectivity index (χ4n) is 3.32. The molecule has 3 aromatic rings. The van der Waals surface area contributed by atoms with Crippen molar-refractivity contribution in [3.8, 4) is 0 Å². The van der Waals surface area contributed by atoms with E-state index in [-0.39, 0.29) is 4.90 Å². The molecule has 0 saturated carbocycles.